The van der Waals surface area contributed by atoms with Crippen LogP contribution in [-0.4, -0.2) is 28.3 Å². The zero-order valence-electron chi connectivity index (χ0n) is 19.5. The SMILES string of the molecule is CC(C)(O)CCONC(=O)CCc1cc(N=Nc2ccccc2N)c(O)c(C(C)(C)C)c1. The van der Waals surface area contributed by atoms with Crippen LogP contribution in [0.1, 0.15) is 58.6 Å². The van der Waals surface area contributed by atoms with Crippen LogP contribution in [-0.2, 0) is 21.5 Å². The number of aliphatic hydroxyl groups is 1. The monoisotopic (exact) mass is 442 g/mol. The number of phenolic OH excluding ortho intramolecular Hbond substituents is 1. The highest BCUT2D eigenvalue weighted by molar-refractivity contribution is 5.75. The number of benzene rings is 2. The molecule has 0 unspecified atom stereocenters. The van der Waals surface area contributed by atoms with Gasteiger partial charge in [0.1, 0.15) is 17.1 Å². The third-order valence-electron chi connectivity index (χ3n) is 4.80. The van der Waals surface area contributed by atoms with Gasteiger partial charge in [0.15, 0.2) is 0 Å². The zero-order valence-corrected chi connectivity index (χ0v) is 19.5. The summed E-state index contributed by atoms with van der Waals surface area (Å²) in [6.07, 6.45) is 1.03. The smallest absolute Gasteiger partial charge is 0.243 e. The maximum absolute atomic E-state index is 12.1. The van der Waals surface area contributed by atoms with E-state index in [2.05, 4.69) is 15.7 Å². The molecule has 8 nitrogen and oxygen atoms in total. The largest absolute Gasteiger partial charge is 0.505 e. The molecule has 0 heterocycles. The number of carbonyl (C=O) groups excluding carboxylic acids is 1. The summed E-state index contributed by atoms with van der Waals surface area (Å²) in [5.41, 5.74) is 10.0. The summed E-state index contributed by atoms with van der Waals surface area (Å²) in [4.78, 5) is 17.3. The first-order valence-corrected chi connectivity index (χ1v) is 10.6. The molecule has 5 N–H and O–H groups in total. The lowest BCUT2D eigenvalue weighted by atomic mass is 9.84. The first-order chi connectivity index (χ1) is 14.9. The van der Waals surface area contributed by atoms with Gasteiger partial charge in [0, 0.05) is 18.4 Å². The number of hydrogen-bond acceptors (Lipinski definition) is 7. The second kappa shape index (κ2) is 10.6. The van der Waals surface area contributed by atoms with E-state index in [0.29, 0.717) is 35.5 Å². The number of hydroxylamine groups is 1. The summed E-state index contributed by atoms with van der Waals surface area (Å²) in [5.74, 6) is -0.217. The van der Waals surface area contributed by atoms with Crippen molar-refractivity contribution in [3.8, 4) is 5.75 Å². The quantitative estimate of drug-likeness (QED) is 0.191. The Morgan fingerprint density at radius 3 is 2.38 bits per heavy atom. The average molecular weight is 443 g/mol. The molecule has 0 saturated heterocycles. The van der Waals surface area contributed by atoms with E-state index in [1.54, 1.807) is 32.0 Å². The molecule has 8 heteroatoms. The molecule has 0 aliphatic rings. The van der Waals surface area contributed by atoms with Crippen LogP contribution in [0.3, 0.4) is 0 Å². The van der Waals surface area contributed by atoms with Crippen molar-refractivity contribution in [2.45, 2.75) is 64.9 Å². The summed E-state index contributed by atoms with van der Waals surface area (Å²) < 4.78 is 0. The third-order valence-corrected chi connectivity index (χ3v) is 4.80. The van der Waals surface area contributed by atoms with Crippen molar-refractivity contribution in [3.63, 3.8) is 0 Å². The standard InChI is InChI=1S/C24H34N4O4/c1-23(2,3)17-14-16(10-11-21(29)28-32-13-12-24(4,5)31)15-20(22(17)30)27-26-19-9-7-6-8-18(19)25/h6-9,14-15,30-31H,10-13,25H2,1-5H3,(H,28,29). The van der Waals surface area contributed by atoms with Crippen molar-refractivity contribution in [2.24, 2.45) is 10.2 Å². The van der Waals surface area contributed by atoms with E-state index in [0.717, 1.165) is 5.56 Å². The molecule has 0 fully saturated rings. The summed E-state index contributed by atoms with van der Waals surface area (Å²) in [5, 5.41) is 28.9. The molecular weight excluding hydrogens is 408 g/mol. The van der Waals surface area contributed by atoms with E-state index in [1.807, 2.05) is 39.0 Å². The van der Waals surface area contributed by atoms with Crippen LogP contribution < -0.4 is 11.2 Å². The van der Waals surface area contributed by atoms with Crippen molar-refractivity contribution >= 4 is 23.0 Å². The van der Waals surface area contributed by atoms with Crippen LogP contribution in [0.25, 0.3) is 0 Å². The lowest BCUT2D eigenvalue weighted by molar-refractivity contribution is -0.134. The molecule has 0 aliphatic heterocycles. The second-order valence-corrected chi connectivity index (χ2v) is 9.46. The summed E-state index contributed by atoms with van der Waals surface area (Å²) in [7, 11) is 0. The molecule has 1 amide bonds. The number of azo groups is 1. The fraction of sp³-hybridized carbons (Fsp3) is 0.458. The van der Waals surface area contributed by atoms with Crippen molar-refractivity contribution in [1.29, 1.82) is 0 Å². The highest BCUT2D eigenvalue weighted by Gasteiger charge is 2.22. The predicted molar refractivity (Wildman–Crippen MR) is 125 cm³/mol. The maximum Gasteiger partial charge on any atom is 0.243 e. The molecule has 2 aromatic carbocycles. The van der Waals surface area contributed by atoms with Crippen LogP contribution >= 0.6 is 0 Å². The lowest BCUT2D eigenvalue weighted by Gasteiger charge is -2.22. The van der Waals surface area contributed by atoms with Gasteiger partial charge < -0.3 is 15.9 Å². The number of nitrogen functional groups attached to an aromatic ring is 1. The average Bonchev–Trinajstić information content (AvgIpc) is 2.69. The minimum Gasteiger partial charge on any atom is -0.505 e. The number of nitrogens with one attached hydrogen (secondary N) is 1. The Morgan fingerprint density at radius 2 is 1.75 bits per heavy atom. The summed E-state index contributed by atoms with van der Waals surface area (Å²) >= 11 is 0. The van der Waals surface area contributed by atoms with E-state index < -0.39 is 5.60 Å². The van der Waals surface area contributed by atoms with Crippen molar-refractivity contribution in [3.05, 3.63) is 47.5 Å². The Balaban J connectivity index is 2.14. The number of para-hydroxylation sites is 1. The van der Waals surface area contributed by atoms with Gasteiger partial charge in [-0.2, -0.15) is 0 Å². The fourth-order valence-electron chi connectivity index (χ4n) is 2.90. The van der Waals surface area contributed by atoms with Crippen LogP contribution in [0, 0.1) is 0 Å². The van der Waals surface area contributed by atoms with Crippen LogP contribution in [0.15, 0.2) is 46.6 Å². The van der Waals surface area contributed by atoms with Crippen molar-refractivity contribution in [1.82, 2.24) is 5.48 Å². The lowest BCUT2D eigenvalue weighted by Crippen LogP contribution is -2.28. The van der Waals surface area contributed by atoms with Gasteiger partial charge in [-0.05, 0) is 49.4 Å². The van der Waals surface area contributed by atoms with E-state index >= 15 is 0 Å². The molecule has 32 heavy (non-hydrogen) atoms. The number of carbonyl (C=O) groups is 1. The van der Waals surface area contributed by atoms with Crippen LogP contribution in [0.4, 0.5) is 17.1 Å². The first kappa shape index (κ1) is 25.3. The Hall–Kier alpha value is -2.97. The molecule has 174 valence electrons. The molecule has 0 atom stereocenters. The Kier molecular flexibility index (Phi) is 8.35. The predicted octanol–water partition coefficient (Wildman–Crippen LogP) is 4.83. The summed E-state index contributed by atoms with van der Waals surface area (Å²) in [6.45, 7) is 9.55. The van der Waals surface area contributed by atoms with Gasteiger partial charge in [-0.3, -0.25) is 9.63 Å². The van der Waals surface area contributed by atoms with E-state index in [1.165, 1.54) is 0 Å². The Labute approximate surface area is 189 Å². The van der Waals surface area contributed by atoms with Gasteiger partial charge in [0.2, 0.25) is 5.91 Å². The van der Waals surface area contributed by atoms with Gasteiger partial charge in [0.05, 0.1) is 17.9 Å². The van der Waals surface area contributed by atoms with E-state index in [4.69, 9.17) is 10.6 Å². The van der Waals surface area contributed by atoms with Crippen molar-refractivity contribution in [2.75, 3.05) is 12.3 Å². The Bertz CT molecular complexity index is 959. The number of rotatable bonds is 9. The van der Waals surface area contributed by atoms with Crippen LogP contribution in [0.2, 0.25) is 0 Å². The zero-order chi connectivity index (χ0) is 23.9. The Morgan fingerprint density at radius 1 is 1.09 bits per heavy atom. The van der Waals surface area contributed by atoms with Gasteiger partial charge in [-0.15, -0.1) is 10.2 Å². The third kappa shape index (κ3) is 7.94. The number of aryl methyl sites for hydroxylation is 1. The molecule has 0 saturated carbocycles. The second-order valence-electron chi connectivity index (χ2n) is 9.46. The van der Waals surface area contributed by atoms with E-state index in [9.17, 15) is 15.0 Å². The number of amides is 1. The highest BCUT2D eigenvalue weighted by atomic mass is 16.6. The topological polar surface area (TPSA) is 130 Å². The normalized spacial score (nSPS) is 12.3. The van der Waals surface area contributed by atoms with Gasteiger partial charge in [-0.25, -0.2) is 5.48 Å². The number of anilines is 1. The number of aromatic hydroxyl groups is 1. The van der Waals surface area contributed by atoms with Crippen LogP contribution in [0.5, 0.6) is 5.75 Å². The molecular formula is C24H34N4O4. The molecule has 0 aromatic heterocycles. The molecule has 0 aliphatic carbocycles. The molecule has 2 rings (SSSR count). The molecule has 0 radical (unpaired) electrons. The molecule has 0 bridgehead atoms. The van der Waals surface area contributed by atoms with Gasteiger partial charge >= 0.3 is 0 Å². The first-order valence-electron chi connectivity index (χ1n) is 10.6. The fourth-order valence-corrected chi connectivity index (χ4v) is 2.90. The number of nitrogens with two attached hydrogens (primary N) is 1. The molecule has 2 aromatic rings. The minimum atomic E-state index is -0.852. The number of nitrogens with zero attached hydrogens (tertiary/aromatic N) is 2. The minimum absolute atomic E-state index is 0.0545. The summed E-state index contributed by atoms with van der Waals surface area (Å²) in [6, 6.07) is 10.7. The van der Waals surface area contributed by atoms with Crippen molar-refractivity contribution < 1.29 is 19.8 Å². The van der Waals surface area contributed by atoms with E-state index in [-0.39, 0.29) is 30.1 Å². The highest BCUT2D eigenvalue weighted by Crippen LogP contribution is 2.40. The maximum atomic E-state index is 12.1. The van der Waals surface area contributed by atoms with Gasteiger partial charge in [-0.1, -0.05) is 39.0 Å². The number of phenols is 1. The number of hydrogen-bond donors (Lipinski definition) is 4. The van der Waals surface area contributed by atoms with Gasteiger partial charge in [0.25, 0.3) is 0 Å². The molecule has 0 spiro atoms.